The normalized spacial score (nSPS) is 11.1. The number of amides is 1. The molecule has 1 amide bonds. The molecule has 2 rings (SSSR count). The Morgan fingerprint density at radius 3 is 2.42 bits per heavy atom. The zero-order valence-corrected chi connectivity index (χ0v) is 13.6. The van der Waals surface area contributed by atoms with Gasteiger partial charge in [0.2, 0.25) is 0 Å². The lowest BCUT2D eigenvalue weighted by Gasteiger charge is -2.09. The molecule has 2 aromatic carbocycles. The number of benzene rings is 2. The number of sulfone groups is 1. The molecule has 0 fully saturated rings. The van der Waals surface area contributed by atoms with Gasteiger partial charge in [-0.2, -0.15) is 0 Å². The Morgan fingerprint density at radius 2 is 1.79 bits per heavy atom. The molecule has 2 aromatic rings. The van der Waals surface area contributed by atoms with Crippen molar-refractivity contribution in [2.45, 2.75) is 4.90 Å². The quantitative estimate of drug-likeness (QED) is 0.806. The molecular weight excluding hydrogens is 340 g/mol. The van der Waals surface area contributed by atoms with Gasteiger partial charge in [-0.1, -0.05) is 6.07 Å². The van der Waals surface area contributed by atoms with Gasteiger partial charge in [0.05, 0.1) is 17.0 Å². The summed E-state index contributed by atoms with van der Waals surface area (Å²) in [6, 6.07) is 9.15. The highest BCUT2D eigenvalue weighted by Crippen LogP contribution is 2.15. The van der Waals surface area contributed by atoms with Gasteiger partial charge in [-0.3, -0.25) is 4.79 Å². The highest BCUT2D eigenvalue weighted by molar-refractivity contribution is 7.90. The maximum Gasteiger partial charge on any atom is 0.254 e. The number of hydrogen-bond donors (Lipinski definition) is 1. The number of ether oxygens (including phenoxy) is 1. The van der Waals surface area contributed by atoms with Crippen molar-refractivity contribution < 1.29 is 26.7 Å². The van der Waals surface area contributed by atoms with Gasteiger partial charge in [-0.05, 0) is 36.4 Å². The Balaban J connectivity index is 1.84. The van der Waals surface area contributed by atoms with Crippen LogP contribution in [0.1, 0.15) is 10.4 Å². The largest absolute Gasteiger partial charge is 0.492 e. The summed E-state index contributed by atoms with van der Waals surface area (Å²) >= 11 is 0. The van der Waals surface area contributed by atoms with Gasteiger partial charge in [0, 0.05) is 6.26 Å². The molecular formula is C16H15F2NO4S. The summed E-state index contributed by atoms with van der Waals surface area (Å²) in [5.41, 5.74) is -0.382. The molecule has 0 aromatic heterocycles. The highest BCUT2D eigenvalue weighted by Gasteiger charge is 2.14. The average Bonchev–Trinajstić information content (AvgIpc) is 2.53. The van der Waals surface area contributed by atoms with Crippen LogP contribution in [-0.2, 0) is 9.84 Å². The number of halogens is 2. The first kappa shape index (κ1) is 17.9. The number of carbonyl (C=O) groups excluding carboxylic acids is 1. The third-order valence-electron chi connectivity index (χ3n) is 3.10. The van der Waals surface area contributed by atoms with Gasteiger partial charge in [-0.15, -0.1) is 0 Å². The molecule has 1 N–H and O–H groups in total. The van der Waals surface area contributed by atoms with Crippen molar-refractivity contribution in [1.29, 1.82) is 0 Å². The lowest BCUT2D eigenvalue weighted by Crippen LogP contribution is -2.29. The van der Waals surface area contributed by atoms with Crippen molar-refractivity contribution in [1.82, 2.24) is 5.32 Å². The average molecular weight is 355 g/mol. The monoisotopic (exact) mass is 355 g/mol. The Bertz CT molecular complexity index is 836. The van der Waals surface area contributed by atoms with Gasteiger partial charge in [0.1, 0.15) is 12.4 Å². The highest BCUT2D eigenvalue weighted by atomic mass is 32.2. The van der Waals surface area contributed by atoms with Crippen molar-refractivity contribution in [3.05, 3.63) is 59.7 Å². The van der Waals surface area contributed by atoms with Crippen LogP contribution in [0.25, 0.3) is 0 Å². The maximum absolute atomic E-state index is 13.4. The van der Waals surface area contributed by atoms with E-state index in [1.54, 1.807) is 0 Å². The van der Waals surface area contributed by atoms with Gasteiger partial charge in [-0.25, -0.2) is 17.2 Å². The first-order chi connectivity index (χ1) is 11.3. The van der Waals surface area contributed by atoms with Gasteiger partial charge < -0.3 is 10.1 Å². The molecule has 0 aliphatic rings. The van der Waals surface area contributed by atoms with Crippen LogP contribution < -0.4 is 10.1 Å². The van der Waals surface area contributed by atoms with Crippen molar-refractivity contribution in [2.24, 2.45) is 0 Å². The third kappa shape index (κ3) is 4.51. The van der Waals surface area contributed by atoms with E-state index in [4.69, 9.17) is 4.74 Å². The van der Waals surface area contributed by atoms with Crippen LogP contribution >= 0.6 is 0 Å². The molecule has 0 radical (unpaired) electrons. The standard InChI is InChI=1S/C16H15F2NO4S/c1-24(21,22)12-7-5-11(6-8-12)23-10-9-19-16(20)13-3-2-4-14(17)15(13)18/h2-8H,9-10H2,1H3,(H,19,20). The number of rotatable bonds is 6. The van der Waals surface area contributed by atoms with Crippen LogP contribution in [0.4, 0.5) is 8.78 Å². The van der Waals surface area contributed by atoms with E-state index in [2.05, 4.69) is 5.32 Å². The van der Waals surface area contributed by atoms with E-state index in [0.29, 0.717) is 5.75 Å². The fourth-order valence-electron chi connectivity index (χ4n) is 1.89. The molecule has 0 heterocycles. The first-order valence-corrected chi connectivity index (χ1v) is 8.83. The Labute approximate surface area is 138 Å². The van der Waals surface area contributed by atoms with Crippen LogP contribution in [-0.4, -0.2) is 33.7 Å². The molecule has 0 aliphatic heterocycles. The second kappa shape index (κ2) is 7.39. The summed E-state index contributed by atoms with van der Waals surface area (Å²) in [5, 5.41) is 2.41. The summed E-state index contributed by atoms with van der Waals surface area (Å²) in [6.45, 7) is 0.156. The van der Waals surface area contributed by atoms with Crippen LogP contribution in [0.5, 0.6) is 5.75 Å². The van der Waals surface area contributed by atoms with E-state index >= 15 is 0 Å². The van der Waals surface area contributed by atoms with Crippen LogP contribution in [0.2, 0.25) is 0 Å². The summed E-state index contributed by atoms with van der Waals surface area (Å²) in [4.78, 5) is 11.9. The van der Waals surface area contributed by atoms with E-state index in [1.807, 2.05) is 0 Å². The second-order valence-electron chi connectivity index (χ2n) is 4.95. The summed E-state index contributed by atoms with van der Waals surface area (Å²) in [7, 11) is -3.27. The Kier molecular flexibility index (Phi) is 5.50. The number of hydrogen-bond acceptors (Lipinski definition) is 4. The van der Waals surface area contributed by atoms with E-state index in [0.717, 1.165) is 12.3 Å². The Morgan fingerprint density at radius 1 is 1.12 bits per heavy atom. The predicted octanol–water partition coefficient (Wildman–Crippen LogP) is 2.18. The fourth-order valence-corrected chi connectivity index (χ4v) is 2.52. The fraction of sp³-hybridized carbons (Fsp3) is 0.188. The number of carbonyl (C=O) groups is 1. The van der Waals surface area contributed by atoms with E-state index in [9.17, 15) is 22.0 Å². The molecule has 5 nitrogen and oxygen atoms in total. The molecule has 0 unspecified atom stereocenters. The van der Waals surface area contributed by atoms with Crippen LogP contribution in [0.15, 0.2) is 47.4 Å². The van der Waals surface area contributed by atoms with E-state index in [-0.39, 0.29) is 23.6 Å². The zero-order valence-electron chi connectivity index (χ0n) is 12.8. The number of nitrogens with one attached hydrogen (secondary N) is 1. The molecule has 0 saturated heterocycles. The Hall–Kier alpha value is -2.48. The van der Waals surface area contributed by atoms with Crippen molar-refractivity contribution in [2.75, 3.05) is 19.4 Å². The lowest BCUT2D eigenvalue weighted by atomic mass is 10.2. The van der Waals surface area contributed by atoms with Gasteiger partial charge >= 0.3 is 0 Å². The van der Waals surface area contributed by atoms with Gasteiger partial charge in [0.15, 0.2) is 21.5 Å². The molecule has 0 spiro atoms. The van der Waals surface area contributed by atoms with Crippen LogP contribution in [0, 0.1) is 11.6 Å². The predicted molar refractivity (Wildman–Crippen MR) is 83.7 cm³/mol. The molecule has 8 heteroatoms. The molecule has 0 aliphatic carbocycles. The lowest BCUT2D eigenvalue weighted by molar-refractivity contribution is 0.0942. The minimum Gasteiger partial charge on any atom is -0.492 e. The third-order valence-corrected chi connectivity index (χ3v) is 4.23. The zero-order chi connectivity index (χ0) is 17.7. The minimum absolute atomic E-state index is 0.0720. The molecule has 0 atom stereocenters. The topological polar surface area (TPSA) is 72.5 Å². The SMILES string of the molecule is CS(=O)(=O)c1ccc(OCCNC(=O)c2cccc(F)c2F)cc1. The van der Waals surface area contributed by atoms with Crippen LogP contribution in [0.3, 0.4) is 0 Å². The maximum atomic E-state index is 13.4. The molecule has 0 saturated carbocycles. The van der Waals surface area contributed by atoms with Crippen molar-refractivity contribution in [3.63, 3.8) is 0 Å². The summed E-state index contributed by atoms with van der Waals surface area (Å²) in [6.07, 6.45) is 1.10. The van der Waals surface area contributed by atoms with Crippen molar-refractivity contribution >= 4 is 15.7 Å². The second-order valence-corrected chi connectivity index (χ2v) is 6.97. The molecule has 0 bridgehead atoms. The summed E-state index contributed by atoms with van der Waals surface area (Å²) in [5.74, 6) is -2.62. The van der Waals surface area contributed by atoms with E-state index < -0.39 is 27.4 Å². The van der Waals surface area contributed by atoms with E-state index in [1.165, 1.54) is 36.4 Å². The van der Waals surface area contributed by atoms with Crippen molar-refractivity contribution in [3.8, 4) is 5.75 Å². The smallest absolute Gasteiger partial charge is 0.254 e. The minimum atomic E-state index is -3.27. The van der Waals surface area contributed by atoms with Gasteiger partial charge in [0.25, 0.3) is 5.91 Å². The first-order valence-electron chi connectivity index (χ1n) is 6.94. The molecule has 128 valence electrons. The summed E-state index contributed by atoms with van der Waals surface area (Å²) < 4.78 is 54.5. The molecule has 24 heavy (non-hydrogen) atoms.